The van der Waals surface area contributed by atoms with Crippen molar-refractivity contribution < 1.29 is 4.79 Å². The lowest BCUT2D eigenvalue weighted by Gasteiger charge is -2.42. The van der Waals surface area contributed by atoms with Gasteiger partial charge in [0.05, 0.1) is 0 Å². The van der Waals surface area contributed by atoms with Gasteiger partial charge in [-0.25, -0.2) is 0 Å². The SMILES string of the molecule is CC(C)CC(C)C1CCC2C(=O)CCCC21C.CCC(C)C. The topological polar surface area (TPSA) is 17.1 Å². The Balaban J connectivity index is 0.000000422. The minimum absolute atomic E-state index is 0.337. The maximum Gasteiger partial charge on any atom is 0.136 e. The molecule has 0 bridgehead atoms. The molecule has 0 radical (unpaired) electrons. The molecular weight excluding hydrogens is 268 g/mol. The Morgan fingerprint density at radius 3 is 2.18 bits per heavy atom. The predicted octanol–water partition coefficient (Wildman–Crippen LogP) is 6.51. The van der Waals surface area contributed by atoms with Crippen molar-refractivity contribution in [1.29, 1.82) is 0 Å². The molecule has 2 saturated carbocycles. The molecule has 0 aromatic heterocycles. The molecule has 4 unspecified atom stereocenters. The summed E-state index contributed by atoms with van der Waals surface area (Å²) in [5, 5.41) is 0. The van der Waals surface area contributed by atoms with Crippen LogP contribution in [0.4, 0.5) is 0 Å². The molecule has 0 saturated heterocycles. The largest absolute Gasteiger partial charge is 0.299 e. The Hall–Kier alpha value is -0.330. The Kier molecular flexibility index (Phi) is 7.62. The molecular formula is C21H40O. The first-order chi connectivity index (χ1) is 10.2. The lowest BCUT2D eigenvalue weighted by molar-refractivity contribution is -0.130. The third-order valence-corrected chi connectivity index (χ3v) is 6.28. The van der Waals surface area contributed by atoms with Gasteiger partial charge in [0.15, 0.2) is 0 Å². The molecule has 0 aliphatic heterocycles. The molecule has 2 aliphatic carbocycles. The molecule has 2 aliphatic rings. The van der Waals surface area contributed by atoms with E-state index in [4.69, 9.17) is 0 Å². The van der Waals surface area contributed by atoms with Crippen LogP contribution < -0.4 is 0 Å². The molecule has 22 heavy (non-hydrogen) atoms. The average Bonchev–Trinajstić information content (AvgIpc) is 2.77. The summed E-state index contributed by atoms with van der Waals surface area (Å²) in [6, 6.07) is 0. The number of hydrogen-bond acceptors (Lipinski definition) is 1. The fourth-order valence-corrected chi connectivity index (χ4v) is 4.81. The fraction of sp³-hybridized carbons (Fsp3) is 0.952. The lowest BCUT2D eigenvalue weighted by Crippen LogP contribution is -2.39. The van der Waals surface area contributed by atoms with Gasteiger partial charge in [0.1, 0.15) is 5.78 Å². The van der Waals surface area contributed by atoms with Crippen LogP contribution in [0, 0.1) is 35.0 Å². The van der Waals surface area contributed by atoms with Crippen molar-refractivity contribution in [1.82, 2.24) is 0 Å². The van der Waals surface area contributed by atoms with Gasteiger partial charge in [-0.05, 0) is 61.2 Å². The number of Topliss-reactive ketones (excluding diaryl/α,β-unsaturated/α-hetero) is 1. The molecule has 2 rings (SSSR count). The number of carbonyl (C=O) groups is 1. The summed E-state index contributed by atoms with van der Waals surface area (Å²) >= 11 is 0. The van der Waals surface area contributed by atoms with E-state index in [1.54, 1.807) is 0 Å². The van der Waals surface area contributed by atoms with Crippen LogP contribution in [0.25, 0.3) is 0 Å². The van der Waals surface area contributed by atoms with Gasteiger partial charge in [0.25, 0.3) is 0 Å². The van der Waals surface area contributed by atoms with Crippen molar-refractivity contribution in [2.75, 3.05) is 0 Å². The van der Waals surface area contributed by atoms with Gasteiger partial charge >= 0.3 is 0 Å². The van der Waals surface area contributed by atoms with E-state index in [0.717, 1.165) is 36.5 Å². The predicted molar refractivity (Wildman–Crippen MR) is 96.9 cm³/mol. The zero-order valence-electron chi connectivity index (χ0n) is 16.2. The summed E-state index contributed by atoms with van der Waals surface area (Å²) < 4.78 is 0. The van der Waals surface area contributed by atoms with Gasteiger partial charge in [-0.2, -0.15) is 0 Å². The summed E-state index contributed by atoms with van der Waals surface area (Å²) in [4.78, 5) is 12.1. The standard InChI is InChI=1S/C16H28O.C5H12/c1-11(2)10-12(3)13-7-8-14-15(17)6-5-9-16(13,14)4;1-4-5(2)3/h11-14H,5-10H2,1-4H3;5H,4H2,1-3H3. The van der Waals surface area contributed by atoms with Crippen molar-refractivity contribution in [2.24, 2.45) is 35.0 Å². The zero-order valence-corrected chi connectivity index (χ0v) is 16.2. The molecule has 4 atom stereocenters. The van der Waals surface area contributed by atoms with Crippen molar-refractivity contribution in [3.05, 3.63) is 0 Å². The van der Waals surface area contributed by atoms with Crippen LogP contribution >= 0.6 is 0 Å². The van der Waals surface area contributed by atoms with Gasteiger partial charge in [0.2, 0.25) is 0 Å². The third-order valence-electron chi connectivity index (χ3n) is 6.28. The first kappa shape index (κ1) is 19.7. The van der Waals surface area contributed by atoms with Crippen LogP contribution in [0.15, 0.2) is 0 Å². The second kappa shape index (κ2) is 8.50. The molecule has 0 N–H and O–H groups in total. The van der Waals surface area contributed by atoms with Crippen LogP contribution in [-0.2, 0) is 4.79 Å². The van der Waals surface area contributed by atoms with E-state index in [1.165, 1.54) is 32.1 Å². The maximum absolute atomic E-state index is 12.1. The summed E-state index contributed by atoms with van der Waals surface area (Å²) in [7, 11) is 0. The van der Waals surface area contributed by atoms with Crippen molar-refractivity contribution in [3.63, 3.8) is 0 Å². The molecule has 0 aromatic rings. The Morgan fingerprint density at radius 1 is 1.09 bits per heavy atom. The average molecular weight is 309 g/mol. The van der Waals surface area contributed by atoms with Crippen LogP contribution in [0.5, 0.6) is 0 Å². The number of fused-ring (bicyclic) bond motifs is 1. The van der Waals surface area contributed by atoms with Crippen LogP contribution in [0.1, 0.15) is 93.4 Å². The Bertz CT molecular complexity index is 344. The Morgan fingerprint density at radius 2 is 1.68 bits per heavy atom. The van der Waals surface area contributed by atoms with Crippen molar-refractivity contribution in [2.45, 2.75) is 93.4 Å². The van der Waals surface area contributed by atoms with Crippen LogP contribution in [-0.4, -0.2) is 5.78 Å². The van der Waals surface area contributed by atoms with E-state index in [-0.39, 0.29) is 0 Å². The molecule has 1 nitrogen and oxygen atoms in total. The summed E-state index contributed by atoms with van der Waals surface area (Å²) in [5.74, 6) is 4.21. The van der Waals surface area contributed by atoms with Gasteiger partial charge in [-0.15, -0.1) is 0 Å². The highest BCUT2D eigenvalue weighted by molar-refractivity contribution is 5.83. The van der Waals surface area contributed by atoms with Gasteiger partial charge < -0.3 is 0 Å². The minimum atomic E-state index is 0.337. The second-order valence-electron chi connectivity index (χ2n) is 8.97. The fourth-order valence-electron chi connectivity index (χ4n) is 4.81. The molecule has 1 heteroatoms. The molecule has 2 fully saturated rings. The van der Waals surface area contributed by atoms with E-state index in [0.29, 0.717) is 17.1 Å². The Labute approximate surface area is 139 Å². The first-order valence-electron chi connectivity index (χ1n) is 9.75. The van der Waals surface area contributed by atoms with Gasteiger partial charge in [-0.1, -0.05) is 54.9 Å². The highest BCUT2D eigenvalue weighted by Crippen LogP contribution is 2.57. The number of hydrogen-bond donors (Lipinski definition) is 0. The summed E-state index contributed by atoms with van der Waals surface area (Å²) in [6.07, 6.45) is 8.36. The highest BCUT2D eigenvalue weighted by Gasteiger charge is 2.52. The molecule has 0 heterocycles. The monoisotopic (exact) mass is 308 g/mol. The van der Waals surface area contributed by atoms with E-state index in [9.17, 15) is 4.79 Å². The van der Waals surface area contributed by atoms with E-state index >= 15 is 0 Å². The normalized spacial score (nSPS) is 32.7. The third kappa shape index (κ3) is 4.83. The smallest absolute Gasteiger partial charge is 0.136 e. The van der Waals surface area contributed by atoms with E-state index in [1.807, 2.05) is 0 Å². The van der Waals surface area contributed by atoms with Crippen molar-refractivity contribution in [3.8, 4) is 0 Å². The maximum atomic E-state index is 12.1. The summed E-state index contributed by atoms with van der Waals surface area (Å²) in [6.45, 7) is 16.1. The first-order valence-corrected chi connectivity index (χ1v) is 9.75. The molecule has 130 valence electrons. The zero-order chi connectivity index (χ0) is 16.9. The summed E-state index contributed by atoms with van der Waals surface area (Å²) in [5.41, 5.74) is 0.337. The lowest BCUT2D eigenvalue weighted by atomic mass is 9.61. The van der Waals surface area contributed by atoms with Gasteiger partial charge in [0, 0.05) is 12.3 Å². The number of carbonyl (C=O) groups excluding carboxylic acids is 1. The molecule has 0 amide bonds. The highest BCUT2D eigenvalue weighted by atomic mass is 16.1. The molecule has 0 spiro atoms. The number of rotatable bonds is 4. The number of ketones is 1. The minimum Gasteiger partial charge on any atom is -0.299 e. The second-order valence-corrected chi connectivity index (χ2v) is 8.97. The quantitative estimate of drug-likeness (QED) is 0.579. The van der Waals surface area contributed by atoms with Crippen molar-refractivity contribution >= 4 is 5.78 Å². The van der Waals surface area contributed by atoms with E-state index < -0.39 is 0 Å². The van der Waals surface area contributed by atoms with Crippen LogP contribution in [0.3, 0.4) is 0 Å². The van der Waals surface area contributed by atoms with Gasteiger partial charge in [-0.3, -0.25) is 4.79 Å². The van der Waals surface area contributed by atoms with Crippen LogP contribution in [0.2, 0.25) is 0 Å². The molecule has 0 aromatic carbocycles. The van der Waals surface area contributed by atoms with E-state index in [2.05, 4.69) is 48.5 Å².